The van der Waals surface area contributed by atoms with Gasteiger partial charge in [-0.2, -0.15) is 0 Å². The van der Waals surface area contributed by atoms with Gasteiger partial charge in [0.1, 0.15) is 0 Å². The number of hydrogen-bond donors (Lipinski definition) is 0. The van der Waals surface area contributed by atoms with E-state index in [2.05, 4.69) is 19.1 Å². The van der Waals surface area contributed by atoms with E-state index < -0.39 is 0 Å². The highest BCUT2D eigenvalue weighted by atomic mass is 16.5. The molecule has 0 atom stereocenters. The monoisotopic (exact) mass is 212 g/mol. The number of carbonyl (C=O) groups excluding carboxylic acids is 1. The van der Waals surface area contributed by atoms with Gasteiger partial charge in [-0.05, 0) is 32.1 Å². The van der Waals surface area contributed by atoms with Gasteiger partial charge in [-0.1, -0.05) is 31.9 Å². The Morgan fingerprint density at radius 3 is 2.20 bits per heavy atom. The van der Waals surface area contributed by atoms with Crippen molar-refractivity contribution >= 4 is 5.97 Å². The number of esters is 1. The van der Waals surface area contributed by atoms with Gasteiger partial charge < -0.3 is 4.74 Å². The van der Waals surface area contributed by atoms with Crippen LogP contribution in [0.5, 0.6) is 0 Å². The van der Waals surface area contributed by atoms with Crippen LogP contribution in [0.3, 0.4) is 0 Å². The highest BCUT2D eigenvalue weighted by molar-refractivity contribution is 5.65. The Labute approximate surface area is 93.7 Å². The number of hydrogen-bond acceptors (Lipinski definition) is 2. The molecule has 0 N–H and O–H groups in total. The molecule has 0 saturated carbocycles. The molecule has 0 fully saturated rings. The molecule has 0 amide bonds. The Morgan fingerprint density at radius 1 is 1.07 bits per heavy atom. The zero-order chi connectivity index (χ0) is 11.4. The van der Waals surface area contributed by atoms with Crippen molar-refractivity contribution in [3.63, 3.8) is 0 Å². The molecule has 0 spiro atoms. The van der Waals surface area contributed by atoms with Crippen LogP contribution < -0.4 is 0 Å². The molecule has 0 unspecified atom stereocenters. The molecule has 88 valence electrons. The first kappa shape index (κ1) is 14.2. The van der Waals surface area contributed by atoms with Crippen molar-refractivity contribution in [2.24, 2.45) is 0 Å². The largest absolute Gasteiger partial charge is 0.466 e. The second-order valence-electron chi connectivity index (χ2n) is 3.80. The molecule has 0 aromatic carbocycles. The number of rotatable bonds is 9. The summed E-state index contributed by atoms with van der Waals surface area (Å²) in [6.45, 7) is 4.24. The molecule has 2 heteroatoms. The molecule has 15 heavy (non-hydrogen) atoms. The minimum atomic E-state index is -0.176. The SMILES string of the molecule is CCCCC/C=C\CCCCOC(C)=O. The standard InChI is InChI=1S/C13H24O2/c1-3-4-5-6-7-8-9-10-11-12-15-13(2)14/h7-8H,3-6,9-12H2,1-2H3/b8-7-. The number of ether oxygens (including phenoxy) is 1. The second kappa shape index (κ2) is 11.3. The third-order valence-electron chi connectivity index (χ3n) is 2.21. The van der Waals surface area contributed by atoms with Gasteiger partial charge >= 0.3 is 5.97 Å². The number of carbonyl (C=O) groups is 1. The lowest BCUT2D eigenvalue weighted by molar-refractivity contribution is -0.141. The molecule has 0 radical (unpaired) electrons. The lowest BCUT2D eigenvalue weighted by atomic mass is 10.2. The van der Waals surface area contributed by atoms with Crippen molar-refractivity contribution in [2.45, 2.75) is 58.8 Å². The van der Waals surface area contributed by atoms with Crippen LogP contribution in [0.2, 0.25) is 0 Å². The predicted octanol–water partition coefficient (Wildman–Crippen LogP) is 3.86. The van der Waals surface area contributed by atoms with Gasteiger partial charge in [0.2, 0.25) is 0 Å². The summed E-state index contributed by atoms with van der Waals surface area (Å²) in [5.74, 6) is -0.176. The van der Waals surface area contributed by atoms with Crippen LogP contribution in [0.25, 0.3) is 0 Å². The van der Waals surface area contributed by atoms with Gasteiger partial charge in [-0.3, -0.25) is 4.79 Å². The van der Waals surface area contributed by atoms with Crippen molar-refractivity contribution in [3.8, 4) is 0 Å². The van der Waals surface area contributed by atoms with Crippen LogP contribution in [0.1, 0.15) is 58.8 Å². The average Bonchev–Trinajstić information content (AvgIpc) is 2.20. The first-order valence-corrected chi connectivity index (χ1v) is 6.05. The molecule has 0 saturated heterocycles. The second-order valence-corrected chi connectivity index (χ2v) is 3.80. The van der Waals surface area contributed by atoms with E-state index in [0.29, 0.717) is 6.61 Å². The summed E-state index contributed by atoms with van der Waals surface area (Å²) >= 11 is 0. The van der Waals surface area contributed by atoms with E-state index in [1.54, 1.807) is 0 Å². The van der Waals surface area contributed by atoms with E-state index in [-0.39, 0.29) is 5.97 Å². The minimum absolute atomic E-state index is 0.176. The smallest absolute Gasteiger partial charge is 0.302 e. The fourth-order valence-electron chi connectivity index (χ4n) is 1.33. The van der Waals surface area contributed by atoms with E-state index in [4.69, 9.17) is 4.74 Å². The van der Waals surface area contributed by atoms with Crippen LogP contribution in [0, 0.1) is 0 Å². The quantitative estimate of drug-likeness (QED) is 0.329. The van der Waals surface area contributed by atoms with Gasteiger partial charge in [0.15, 0.2) is 0 Å². The van der Waals surface area contributed by atoms with Gasteiger partial charge in [0.05, 0.1) is 6.61 Å². The van der Waals surface area contributed by atoms with Crippen molar-refractivity contribution in [1.29, 1.82) is 0 Å². The topological polar surface area (TPSA) is 26.3 Å². The molecule has 0 aliphatic carbocycles. The Morgan fingerprint density at radius 2 is 1.67 bits per heavy atom. The highest BCUT2D eigenvalue weighted by Crippen LogP contribution is 2.02. The predicted molar refractivity (Wildman–Crippen MR) is 63.8 cm³/mol. The van der Waals surface area contributed by atoms with E-state index in [1.165, 1.54) is 32.6 Å². The summed E-state index contributed by atoms with van der Waals surface area (Å²) in [6.07, 6.45) is 12.8. The molecule has 2 nitrogen and oxygen atoms in total. The zero-order valence-corrected chi connectivity index (χ0v) is 10.1. The van der Waals surface area contributed by atoms with Crippen LogP contribution in [-0.2, 0) is 9.53 Å². The molecule has 0 heterocycles. The summed E-state index contributed by atoms with van der Waals surface area (Å²) in [4.78, 5) is 10.4. The maximum absolute atomic E-state index is 10.4. The van der Waals surface area contributed by atoms with E-state index in [1.807, 2.05) is 0 Å². The van der Waals surface area contributed by atoms with E-state index in [0.717, 1.165) is 19.3 Å². The molecule has 0 aliphatic rings. The highest BCUT2D eigenvalue weighted by Gasteiger charge is 1.91. The average molecular weight is 212 g/mol. The Hall–Kier alpha value is -0.790. The molecule has 0 bridgehead atoms. The van der Waals surface area contributed by atoms with Crippen LogP contribution in [0.4, 0.5) is 0 Å². The lowest BCUT2D eigenvalue weighted by Crippen LogP contribution is -1.99. The Bertz CT molecular complexity index is 173. The minimum Gasteiger partial charge on any atom is -0.466 e. The third-order valence-corrected chi connectivity index (χ3v) is 2.21. The van der Waals surface area contributed by atoms with Crippen molar-refractivity contribution in [2.75, 3.05) is 6.61 Å². The van der Waals surface area contributed by atoms with Crippen molar-refractivity contribution in [1.82, 2.24) is 0 Å². The van der Waals surface area contributed by atoms with Crippen LogP contribution in [-0.4, -0.2) is 12.6 Å². The molecule has 0 aromatic heterocycles. The summed E-state index contributed by atoms with van der Waals surface area (Å²) in [5, 5.41) is 0. The normalized spacial score (nSPS) is 10.8. The molecule has 0 aliphatic heterocycles. The first-order chi connectivity index (χ1) is 7.27. The third kappa shape index (κ3) is 13.2. The Balaban J connectivity index is 3.06. The summed E-state index contributed by atoms with van der Waals surface area (Å²) in [6, 6.07) is 0. The van der Waals surface area contributed by atoms with E-state index >= 15 is 0 Å². The van der Waals surface area contributed by atoms with Gasteiger partial charge in [-0.25, -0.2) is 0 Å². The fraction of sp³-hybridized carbons (Fsp3) is 0.769. The van der Waals surface area contributed by atoms with Crippen LogP contribution >= 0.6 is 0 Å². The first-order valence-electron chi connectivity index (χ1n) is 6.05. The zero-order valence-electron chi connectivity index (χ0n) is 10.1. The van der Waals surface area contributed by atoms with Crippen LogP contribution in [0.15, 0.2) is 12.2 Å². The number of allylic oxidation sites excluding steroid dienone is 2. The van der Waals surface area contributed by atoms with Crippen molar-refractivity contribution < 1.29 is 9.53 Å². The summed E-state index contributed by atoms with van der Waals surface area (Å²) in [5.41, 5.74) is 0. The number of unbranched alkanes of at least 4 members (excludes halogenated alkanes) is 5. The lowest BCUT2D eigenvalue weighted by Gasteiger charge is -1.99. The maximum Gasteiger partial charge on any atom is 0.302 e. The fourth-order valence-corrected chi connectivity index (χ4v) is 1.33. The van der Waals surface area contributed by atoms with Gasteiger partial charge in [-0.15, -0.1) is 0 Å². The molecule has 0 aromatic rings. The van der Waals surface area contributed by atoms with Crippen molar-refractivity contribution in [3.05, 3.63) is 12.2 Å². The molecular weight excluding hydrogens is 188 g/mol. The van der Waals surface area contributed by atoms with Gasteiger partial charge in [0.25, 0.3) is 0 Å². The molecular formula is C13H24O2. The summed E-state index contributed by atoms with van der Waals surface area (Å²) in [7, 11) is 0. The van der Waals surface area contributed by atoms with E-state index in [9.17, 15) is 4.79 Å². The Kier molecular flexibility index (Phi) is 10.7. The van der Waals surface area contributed by atoms with Gasteiger partial charge in [0, 0.05) is 6.92 Å². The maximum atomic E-state index is 10.4. The summed E-state index contributed by atoms with van der Waals surface area (Å²) < 4.78 is 4.84. The molecule has 0 rings (SSSR count).